The lowest BCUT2D eigenvalue weighted by molar-refractivity contribution is 0.480. The van der Waals surface area contributed by atoms with E-state index in [0.717, 1.165) is 22.8 Å². The number of hydrogen-bond donors (Lipinski definition) is 3. The van der Waals surface area contributed by atoms with E-state index >= 15 is 0 Å². The van der Waals surface area contributed by atoms with Crippen LogP contribution in [0.5, 0.6) is 0 Å². The number of pyridine rings is 2. The minimum absolute atomic E-state index is 0.156. The average Bonchev–Trinajstić information content (AvgIpc) is 3.52. The summed E-state index contributed by atoms with van der Waals surface area (Å²) in [5, 5.41) is 27.6. The van der Waals surface area contributed by atoms with Crippen LogP contribution >= 0.6 is 22.9 Å². The quantitative estimate of drug-likeness (QED) is 0.264. The van der Waals surface area contributed by atoms with E-state index in [1.807, 2.05) is 6.92 Å². The second-order valence-electron chi connectivity index (χ2n) is 7.41. The number of thiazole rings is 1. The molecule has 9 nitrogen and oxygen atoms in total. The van der Waals surface area contributed by atoms with E-state index in [1.165, 1.54) is 17.5 Å². The van der Waals surface area contributed by atoms with Gasteiger partial charge in [-0.1, -0.05) is 11.6 Å². The fourth-order valence-electron chi connectivity index (χ4n) is 3.57. The van der Waals surface area contributed by atoms with Gasteiger partial charge in [-0.2, -0.15) is 25.1 Å². The molecule has 1 atom stereocenters. The maximum Gasteiger partial charge on any atom is 0.249 e. The second-order valence-corrected chi connectivity index (χ2v) is 8.70. The number of fused-ring (bicyclic) bond motifs is 1. The highest BCUT2D eigenvalue weighted by atomic mass is 35.5. The molecule has 0 amide bonds. The highest BCUT2D eigenvalue weighted by Gasteiger charge is 2.22. The van der Waals surface area contributed by atoms with Crippen LogP contribution in [0.4, 0.5) is 25.8 Å². The first-order chi connectivity index (χ1) is 16.9. The van der Waals surface area contributed by atoms with Crippen molar-refractivity contribution in [3.8, 4) is 6.07 Å². The number of hydrogen-bond acceptors (Lipinski definition) is 9. The molecular formula is C22H14ClF2N9S. The van der Waals surface area contributed by atoms with Crippen molar-refractivity contribution in [1.82, 2.24) is 30.4 Å². The molecule has 0 bridgehead atoms. The van der Waals surface area contributed by atoms with Crippen LogP contribution in [-0.4, -0.2) is 30.4 Å². The number of anilines is 3. The number of halogens is 3. The number of H-pyrrole nitrogens is 1. The Morgan fingerprint density at radius 1 is 1.11 bits per heavy atom. The third-order valence-electron chi connectivity index (χ3n) is 5.20. The molecule has 0 radical (unpaired) electrons. The zero-order valence-corrected chi connectivity index (χ0v) is 19.4. The highest BCUT2D eigenvalue weighted by molar-refractivity contribution is 7.09. The van der Waals surface area contributed by atoms with Crippen molar-refractivity contribution in [2.24, 2.45) is 0 Å². The smallest absolute Gasteiger partial charge is 0.249 e. The first kappa shape index (κ1) is 22.6. The molecule has 1 aromatic carbocycles. The van der Waals surface area contributed by atoms with Gasteiger partial charge in [0.05, 0.1) is 56.0 Å². The summed E-state index contributed by atoms with van der Waals surface area (Å²) in [5.74, 6) is -2.34. The van der Waals surface area contributed by atoms with Crippen LogP contribution in [0, 0.1) is 30.0 Å². The average molecular weight is 510 g/mol. The van der Waals surface area contributed by atoms with E-state index in [1.54, 1.807) is 23.8 Å². The molecule has 1 unspecified atom stereocenters. The third kappa shape index (κ3) is 4.34. The van der Waals surface area contributed by atoms with Crippen molar-refractivity contribution < 1.29 is 8.78 Å². The molecule has 3 N–H and O–H groups in total. The number of aromatic nitrogens is 6. The Morgan fingerprint density at radius 3 is 2.66 bits per heavy atom. The largest absolute Gasteiger partial charge is 0.372 e. The van der Waals surface area contributed by atoms with E-state index in [4.69, 9.17) is 11.6 Å². The second kappa shape index (κ2) is 9.21. The van der Waals surface area contributed by atoms with Gasteiger partial charge < -0.3 is 10.6 Å². The molecule has 0 saturated heterocycles. The van der Waals surface area contributed by atoms with Gasteiger partial charge in [-0.15, -0.1) is 11.3 Å². The van der Waals surface area contributed by atoms with Crippen LogP contribution in [-0.2, 0) is 0 Å². The molecule has 4 heterocycles. The SMILES string of the molecule is Cc1ncsc1C(Nc1cc(Cl)c2ncc(C#N)c(Nc3cnc(F)c(F)c3)c2c1)c1cn[nH]n1. The Labute approximate surface area is 205 Å². The zero-order chi connectivity index (χ0) is 24.5. The van der Waals surface area contributed by atoms with E-state index < -0.39 is 11.8 Å². The van der Waals surface area contributed by atoms with Crippen LogP contribution in [0.25, 0.3) is 10.9 Å². The first-order valence-corrected chi connectivity index (χ1v) is 11.3. The highest BCUT2D eigenvalue weighted by Crippen LogP contribution is 2.37. The van der Waals surface area contributed by atoms with E-state index in [2.05, 4.69) is 47.1 Å². The van der Waals surface area contributed by atoms with Gasteiger partial charge in [0.25, 0.3) is 0 Å². The maximum atomic E-state index is 13.7. The summed E-state index contributed by atoms with van der Waals surface area (Å²) < 4.78 is 27.1. The Morgan fingerprint density at radius 2 is 1.97 bits per heavy atom. The fraction of sp³-hybridized carbons (Fsp3) is 0.0909. The summed E-state index contributed by atoms with van der Waals surface area (Å²) in [7, 11) is 0. The Hall–Kier alpha value is -4.21. The third-order valence-corrected chi connectivity index (χ3v) is 6.48. The predicted molar refractivity (Wildman–Crippen MR) is 128 cm³/mol. The lowest BCUT2D eigenvalue weighted by atomic mass is 10.1. The number of aryl methyl sites for hydroxylation is 1. The molecule has 0 aliphatic heterocycles. The standard InChI is InChI=1S/C22H14ClF2N9S/c1-10-21(35-9-29-10)20(17-8-30-34-33-17)31-12-2-14-18(32-13-4-16(24)22(25)28-7-13)11(5-26)6-27-19(14)15(23)3-12/h2-4,6-9,20,31H,1H3,(H,27,32)(H,30,33,34). The van der Waals surface area contributed by atoms with Gasteiger partial charge in [0, 0.05) is 23.3 Å². The zero-order valence-electron chi connectivity index (χ0n) is 17.8. The van der Waals surface area contributed by atoms with Crippen LogP contribution < -0.4 is 10.6 Å². The summed E-state index contributed by atoms with van der Waals surface area (Å²) in [4.78, 5) is 13.0. The van der Waals surface area contributed by atoms with Gasteiger partial charge in [0.15, 0.2) is 5.82 Å². The van der Waals surface area contributed by atoms with Crippen molar-refractivity contribution in [1.29, 1.82) is 5.26 Å². The molecule has 4 aromatic heterocycles. The van der Waals surface area contributed by atoms with Crippen molar-refractivity contribution in [2.45, 2.75) is 13.0 Å². The van der Waals surface area contributed by atoms with Crippen LogP contribution in [0.1, 0.15) is 27.9 Å². The lowest BCUT2D eigenvalue weighted by Gasteiger charge is -2.19. The Kier molecular flexibility index (Phi) is 5.94. The van der Waals surface area contributed by atoms with Gasteiger partial charge in [-0.05, 0) is 19.1 Å². The minimum atomic E-state index is -1.22. The van der Waals surface area contributed by atoms with Crippen molar-refractivity contribution in [2.75, 3.05) is 10.6 Å². The van der Waals surface area contributed by atoms with Crippen LogP contribution in [0.15, 0.2) is 42.3 Å². The van der Waals surface area contributed by atoms with Gasteiger partial charge in [-0.25, -0.2) is 14.4 Å². The molecule has 174 valence electrons. The molecule has 5 rings (SSSR count). The van der Waals surface area contributed by atoms with Gasteiger partial charge in [0.1, 0.15) is 17.8 Å². The van der Waals surface area contributed by atoms with E-state index in [-0.39, 0.29) is 17.3 Å². The molecule has 0 aliphatic rings. The predicted octanol–water partition coefficient (Wildman–Crippen LogP) is 5.26. The number of nitriles is 1. The first-order valence-electron chi connectivity index (χ1n) is 10.1. The van der Waals surface area contributed by atoms with Crippen molar-refractivity contribution in [3.05, 3.63) is 80.9 Å². The van der Waals surface area contributed by atoms with Gasteiger partial charge in [0.2, 0.25) is 5.95 Å². The number of nitrogens with one attached hydrogen (secondary N) is 3. The normalized spacial score (nSPS) is 11.9. The minimum Gasteiger partial charge on any atom is -0.372 e. The van der Waals surface area contributed by atoms with E-state index in [0.29, 0.717) is 33.0 Å². The molecule has 0 fully saturated rings. The number of benzene rings is 1. The number of rotatable bonds is 6. The van der Waals surface area contributed by atoms with Crippen molar-refractivity contribution in [3.63, 3.8) is 0 Å². The van der Waals surface area contributed by atoms with Crippen LogP contribution in [0.2, 0.25) is 5.02 Å². The summed E-state index contributed by atoms with van der Waals surface area (Å²) in [6.07, 6.45) is 4.09. The topological polar surface area (TPSA) is 128 Å². The summed E-state index contributed by atoms with van der Waals surface area (Å²) >= 11 is 8.03. The van der Waals surface area contributed by atoms with Gasteiger partial charge >= 0.3 is 0 Å². The molecule has 5 aromatic rings. The summed E-state index contributed by atoms with van der Waals surface area (Å²) in [5.41, 5.74) is 4.90. The van der Waals surface area contributed by atoms with E-state index in [9.17, 15) is 14.0 Å². The van der Waals surface area contributed by atoms with Gasteiger partial charge in [-0.3, -0.25) is 4.98 Å². The monoisotopic (exact) mass is 509 g/mol. The van der Waals surface area contributed by atoms with Crippen LogP contribution in [0.3, 0.4) is 0 Å². The lowest BCUT2D eigenvalue weighted by Crippen LogP contribution is -2.13. The fourth-order valence-corrected chi connectivity index (χ4v) is 4.71. The molecule has 35 heavy (non-hydrogen) atoms. The maximum absolute atomic E-state index is 13.7. The number of nitrogens with zero attached hydrogens (tertiary/aromatic N) is 6. The molecule has 13 heteroatoms. The molecule has 0 spiro atoms. The molecular weight excluding hydrogens is 496 g/mol. The number of aromatic amines is 1. The Bertz CT molecular complexity index is 1580. The summed E-state index contributed by atoms with van der Waals surface area (Å²) in [6, 6.07) is 6.09. The molecule has 0 aliphatic carbocycles. The Balaban J connectivity index is 1.62. The van der Waals surface area contributed by atoms with Crippen molar-refractivity contribution >= 4 is 50.9 Å². The molecule has 0 saturated carbocycles. The summed E-state index contributed by atoms with van der Waals surface area (Å²) in [6.45, 7) is 1.90.